The van der Waals surface area contributed by atoms with Crippen LogP contribution in [0, 0.1) is 11.7 Å². The summed E-state index contributed by atoms with van der Waals surface area (Å²) in [6.07, 6.45) is 1.92. The number of nitrogens with zero attached hydrogens (tertiary/aromatic N) is 1. The standard InChI is InChI=1S/C20H25FN2O3/c1-13(12-20(2)17(24)11-18(25)22-20)19(26)23-9-7-15(8-10-23)14-3-5-16(21)6-4-14/h3-6,13,15H,7-12H2,1-2H3,(H,22,25)/t13-,20+/m0/s1. The molecule has 1 aromatic rings. The maximum Gasteiger partial charge on any atom is 0.228 e. The Kier molecular flexibility index (Phi) is 5.12. The lowest BCUT2D eigenvalue weighted by Crippen LogP contribution is -2.48. The predicted octanol–water partition coefficient (Wildman–Crippen LogP) is 2.41. The average Bonchev–Trinajstić information content (AvgIpc) is 2.86. The van der Waals surface area contributed by atoms with E-state index in [9.17, 15) is 18.8 Å². The SMILES string of the molecule is C[C@@H](C[C@@]1(C)NC(=O)CC1=O)C(=O)N1CCC(c2ccc(F)cc2)CC1. The van der Waals surface area contributed by atoms with E-state index in [1.54, 1.807) is 6.92 Å². The number of amides is 2. The highest BCUT2D eigenvalue weighted by molar-refractivity contribution is 6.10. The zero-order chi connectivity index (χ0) is 18.9. The molecule has 5 nitrogen and oxygen atoms in total. The van der Waals surface area contributed by atoms with Crippen molar-refractivity contribution < 1.29 is 18.8 Å². The molecule has 0 saturated carbocycles. The molecule has 2 atom stereocenters. The van der Waals surface area contributed by atoms with Crippen molar-refractivity contribution in [2.45, 2.75) is 51.0 Å². The molecule has 2 amide bonds. The minimum absolute atomic E-state index is 0.0257. The van der Waals surface area contributed by atoms with Crippen LogP contribution in [0.3, 0.4) is 0 Å². The van der Waals surface area contributed by atoms with E-state index in [4.69, 9.17) is 0 Å². The van der Waals surface area contributed by atoms with Crippen LogP contribution in [0.1, 0.15) is 51.0 Å². The minimum Gasteiger partial charge on any atom is -0.343 e. The highest BCUT2D eigenvalue weighted by Crippen LogP contribution is 2.30. The molecule has 2 aliphatic rings. The maximum absolute atomic E-state index is 13.1. The van der Waals surface area contributed by atoms with Crippen molar-refractivity contribution in [2.24, 2.45) is 5.92 Å². The molecule has 0 aromatic heterocycles. The molecule has 140 valence electrons. The van der Waals surface area contributed by atoms with Gasteiger partial charge in [0.15, 0.2) is 5.78 Å². The summed E-state index contributed by atoms with van der Waals surface area (Å²) in [6.45, 7) is 4.83. The van der Waals surface area contributed by atoms with Gasteiger partial charge >= 0.3 is 0 Å². The zero-order valence-electron chi connectivity index (χ0n) is 15.3. The number of likely N-dealkylation sites (tertiary alicyclic amines) is 1. The third-order valence-corrected chi connectivity index (χ3v) is 5.64. The summed E-state index contributed by atoms with van der Waals surface area (Å²) in [7, 11) is 0. The van der Waals surface area contributed by atoms with E-state index < -0.39 is 5.54 Å². The van der Waals surface area contributed by atoms with Crippen LogP contribution < -0.4 is 5.32 Å². The third kappa shape index (κ3) is 3.79. The van der Waals surface area contributed by atoms with Gasteiger partial charge < -0.3 is 10.2 Å². The fourth-order valence-electron chi connectivity index (χ4n) is 4.11. The number of ketones is 1. The van der Waals surface area contributed by atoms with Crippen molar-refractivity contribution in [1.29, 1.82) is 0 Å². The number of hydrogen-bond acceptors (Lipinski definition) is 3. The van der Waals surface area contributed by atoms with E-state index in [0.717, 1.165) is 18.4 Å². The van der Waals surface area contributed by atoms with Gasteiger partial charge in [-0.05, 0) is 49.8 Å². The van der Waals surface area contributed by atoms with Gasteiger partial charge in [0.25, 0.3) is 0 Å². The highest BCUT2D eigenvalue weighted by Gasteiger charge is 2.44. The number of Topliss-reactive ketones (excluding diaryl/α,β-unsaturated/α-hetero) is 1. The molecule has 0 bridgehead atoms. The van der Waals surface area contributed by atoms with Crippen molar-refractivity contribution in [2.75, 3.05) is 13.1 Å². The summed E-state index contributed by atoms with van der Waals surface area (Å²) >= 11 is 0. The summed E-state index contributed by atoms with van der Waals surface area (Å²) in [4.78, 5) is 38.1. The molecule has 26 heavy (non-hydrogen) atoms. The van der Waals surface area contributed by atoms with Gasteiger partial charge in [0.1, 0.15) is 5.82 Å². The van der Waals surface area contributed by atoms with E-state index in [-0.39, 0.29) is 35.8 Å². The fraction of sp³-hybridized carbons (Fsp3) is 0.550. The van der Waals surface area contributed by atoms with Crippen molar-refractivity contribution in [3.8, 4) is 0 Å². The molecule has 2 fully saturated rings. The lowest BCUT2D eigenvalue weighted by molar-refractivity contribution is -0.137. The van der Waals surface area contributed by atoms with E-state index in [1.165, 1.54) is 12.1 Å². The first-order valence-corrected chi connectivity index (χ1v) is 9.17. The number of piperidine rings is 1. The Bertz CT molecular complexity index is 710. The number of carbonyl (C=O) groups is 3. The summed E-state index contributed by atoms with van der Waals surface area (Å²) in [5, 5.41) is 2.71. The number of carbonyl (C=O) groups excluding carboxylic acids is 3. The number of hydrogen-bond donors (Lipinski definition) is 1. The second-order valence-corrected chi connectivity index (χ2v) is 7.74. The van der Waals surface area contributed by atoms with Crippen LogP contribution in [0.4, 0.5) is 4.39 Å². The normalized spacial score (nSPS) is 25.3. The second-order valence-electron chi connectivity index (χ2n) is 7.74. The molecule has 2 saturated heterocycles. The summed E-state index contributed by atoms with van der Waals surface area (Å²) in [5.74, 6) is -0.614. The first-order valence-electron chi connectivity index (χ1n) is 9.17. The summed E-state index contributed by atoms with van der Waals surface area (Å²) in [5.41, 5.74) is 0.178. The van der Waals surface area contributed by atoms with Gasteiger partial charge in [-0.2, -0.15) is 0 Å². The average molecular weight is 360 g/mol. The van der Waals surface area contributed by atoms with Crippen LogP contribution in [0.2, 0.25) is 0 Å². The second kappa shape index (κ2) is 7.17. The third-order valence-electron chi connectivity index (χ3n) is 5.64. The van der Waals surface area contributed by atoms with Gasteiger partial charge in [0, 0.05) is 19.0 Å². The van der Waals surface area contributed by atoms with Crippen LogP contribution in [0.15, 0.2) is 24.3 Å². The number of nitrogens with one attached hydrogen (secondary N) is 1. The molecule has 0 radical (unpaired) electrons. The minimum atomic E-state index is -0.932. The van der Waals surface area contributed by atoms with E-state index in [2.05, 4.69) is 5.32 Å². The maximum atomic E-state index is 13.1. The van der Waals surface area contributed by atoms with Gasteiger partial charge in [-0.15, -0.1) is 0 Å². The molecule has 2 aliphatic heterocycles. The van der Waals surface area contributed by atoms with Gasteiger partial charge in [-0.25, -0.2) is 4.39 Å². The summed E-state index contributed by atoms with van der Waals surface area (Å²) in [6, 6.07) is 6.58. The van der Waals surface area contributed by atoms with Crippen molar-refractivity contribution in [1.82, 2.24) is 10.2 Å². The molecule has 2 heterocycles. The lowest BCUT2D eigenvalue weighted by atomic mass is 9.85. The Morgan fingerprint density at radius 3 is 2.42 bits per heavy atom. The van der Waals surface area contributed by atoms with Crippen molar-refractivity contribution in [3.63, 3.8) is 0 Å². The molecule has 1 N–H and O–H groups in total. The van der Waals surface area contributed by atoms with Gasteiger partial charge in [-0.1, -0.05) is 19.1 Å². The number of rotatable bonds is 4. The van der Waals surface area contributed by atoms with Crippen LogP contribution in [0.5, 0.6) is 0 Å². The predicted molar refractivity (Wildman–Crippen MR) is 94.9 cm³/mol. The van der Waals surface area contributed by atoms with Crippen LogP contribution in [-0.2, 0) is 14.4 Å². The van der Waals surface area contributed by atoms with Crippen LogP contribution >= 0.6 is 0 Å². The lowest BCUT2D eigenvalue weighted by Gasteiger charge is -2.35. The van der Waals surface area contributed by atoms with E-state index in [0.29, 0.717) is 25.4 Å². The Hall–Kier alpha value is -2.24. The molecule has 0 unspecified atom stereocenters. The Balaban J connectivity index is 1.55. The van der Waals surface area contributed by atoms with Gasteiger partial charge in [0.05, 0.1) is 12.0 Å². The topological polar surface area (TPSA) is 66.5 Å². The zero-order valence-corrected chi connectivity index (χ0v) is 15.3. The van der Waals surface area contributed by atoms with Crippen molar-refractivity contribution >= 4 is 17.6 Å². The molecule has 6 heteroatoms. The van der Waals surface area contributed by atoms with Crippen molar-refractivity contribution in [3.05, 3.63) is 35.6 Å². The molecular formula is C20H25FN2O3. The van der Waals surface area contributed by atoms with E-state index >= 15 is 0 Å². The van der Waals surface area contributed by atoms with Crippen LogP contribution in [-0.4, -0.2) is 41.1 Å². The number of halogens is 1. The Morgan fingerprint density at radius 2 is 1.88 bits per heavy atom. The smallest absolute Gasteiger partial charge is 0.228 e. The highest BCUT2D eigenvalue weighted by atomic mass is 19.1. The first kappa shape index (κ1) is 18.5. The molecule has 3 rings (SSSR count). The Morgan fingerprint density at radius 1 is 1.27 bits per heavy atom. The summed E-state index contributed by atoms with van der Waals surface area (Å²) < 4.78 is 13.1. The molecular weight excluding hydrogens is 335 g/mol. The van der Waals surface area contributed by atoms with Gasteiger partial charge in [-0.3, -0.25) is 14.4 Å². The molecule has 0 spiro atoms. The Labute approximate surface area is 152 Å². The van der Waals surface area contributed by atoms with E-state index in [1.807, 2.05) is 24.0 Å². The first-order chi connectivity index (χ1) is 12.3. The quantitative estimate of drug-likeness (QED) is 0.839. The largest absolute Gasteiger partial charge is 0.343 e. The molecule has 0 aliphatic carbocycles. The van der Waals surface area contributed by atoms with Gasteiger partial charge in [0.2, 0.25) is 11.8 Å². The molecule has 1 aromatic carbocycles. The fourth-order valence-corrected chi connectivity index (χ4v) is 4.11. The number of benzene rings is 1. The monoisotopic (exact) mass is 360 g/mol. The van der Waals surface area contributed by atoms with Crippen LogP contribution in [0.25, 0.3) is 0 Å².